The summed E-state index contributed by atoms with van der Waals surface area (Å²) >= 11 is 0. The van der Waals surface area contributed by atoms with E-state index in [1.807, 2.05) is 36.4 Å². The zero-order valence-corrected chi connectivity index (χ0v) is 22.9. The van der Waals surface area contributed by atoms with E-state index in [-0.39, 0.29) is 13.0 Å². The van der Waals surface area contributed by atoms with Gasteiger partial charge in [-0.05, 0) is 52.7 Å². The molecule has 0 saturated carbocycles. The summed E-state index contributed by atoms with van der Waals surface area (Å²) in [5.41, 5.74) is -0.0315. The van der Waals surface area contributed by atoms with E-state index < -0.39 is 53.6 Å². The number of alkyl carbamates (subject to hydrolysis) is 1. The molecule has 0 aliphatic heterocycles. The van der Waals surface area contributed by atoms with Gasteiger partial charge in [0.25, 0.3) is 0 Å². The number of benzene rings is 2. The topological polar surface area (TPSA) is 120 Å². The predicted octanol–water partition coefficient (Wildman–Crippen LogP) is 4.08. The first-order chi connectivity index (χ1) is 17.7. The number of esters is 2. The van der Waals surface area contributed by atoms with Crippen LogP contribution in [0.5, 0.6) is 0 Å². The van der Waals surface area contributed by atoms with Crippen LogP contribution < -0.4 is 10.6 Å². The normalized spacial score (nSPS) is 13.0. The van der Waals surface area contributed by atoms with Crippen molar-refractivity contribution >= 4 is 23.9 Å². The molecule has 2 aromatic carbocycles. The lowest BCUT2D eigenvalue weighted by atomic mass is 10.0. The van der Waals surface area contributed by atoms with Crippen LogP contribution in [-0.2, 0) is 41.6 Å². The van der Waals surface area contributed by atoms with Crippen LogP contribution >= 0.6 is 0 Å². The van der Waals surface area contributed by atoms with Crippen molar-refractivity contribution < 1.29 is 33.4 Å². The number of hydrogen-bond acceptors (Lipinski definition) is 7. The molecule has 2 aromatic rings. The van der Waals surface area contributed by atoms with Crippen molar-refractivity contribution in [1.29, 1.82) is 0 Å². The van der Waals surface area contributed by atoms with Crippen LogP contribution in [0.3, 0.4) is 0 Å². The standard InChI is InChI=1S/C29H38N2O7/c1-28(2,3)37-24(32)18-22(31-27(35)36-19-21-15-11-8-12-16-21)25(33)30-23(26(34)38-29(4,5)6)17-20-13-9-7-10-14-20/h7-16,22-23H,17-19H2,1-6H3,(H,30,33)(H,31,35). The highest BCUT2D eigenvalue weighted by molar-refractivity contribution is 5.92. The minimum Gasteiger partial charge on any atom is -0.460 e. The predicted molar refractivity (Wildman–Crippen MR) is 142 cm³/mol. The Morgan fingerprint density at radius 2 is 1.24 bits per heavy atom. The summed E-state index contributed by atoms with van der Waals surface area (Å²) in [5, 5.41) is 5.08. The first-order valence-electron chi connectivity index (χ1n) is 12.5. The van der Waals surface area contributed by atoms with Crippen LogP contribution in [0.2, 0.25) is 0 Å². The van der Waals surface area contributed by atoms with Crippen molar-refractivity contribution in [2.45, 2.75) is 84.3 Å². The average molecular weight is 527 g/mol. The number of ether oxygens (including phenoxy) is 3. The highest BCUT2D eigenvalue weighted by atomic mass is 16.6. The Bertz CT molecular complexity index is 1070. The molecular formula is C29H38N2O7. The van der Waals surface area contributed by atoms with E-state index in [1.165, 1.54) is 0 Å². The quantitative estimate of drug-likeness (QED) is 0.354. The Labute approximate surface area is 224 Å². The molecule has 0 radical (unpaired) electrons. The van der Waals surface area contributed by atoms with Crippen LogP contribution in [0.15, 0.2) is 60.7 Å². The Kier molecular flexibility index (Phi) is 10.9. The van der Waals surface area contributed by atoms with E-state index in [1.54, 1.807) is 65.8 Å². The Morgan fingerprint density at radius 3 is 1.76 bits per heavy atom. The highest BCUT2D eigenvalue weighted by Crippen LogP contribution is 2.13. The summed E-state index contributed by atoms with van der Waals surface area (Å²) in [4.78, 5) is 51.4. The molecule has 2 unspecified atom stereocenters. The van der Waals surface area contributed by atoms with Crippen LogP contribution in [0.25, 0.3) is 0 Å². The molecule has 0 aliphatic rings. The second kappa shape index (κ2) is 13.6. The molecule has 38 heavy (non-hydrogen) atoms. The van der Waals surface area contributed by atoms with Crippen molar-refractivity contribution in [1.82, 2.24) is 10.6 Å². The molecule has 9 nitrogen and oxygen atoms in total. The third-order valence-corrected chi connectivity index (χ3v) is 4.90. The van der Waals surface area contributed by atoms with Gasteiger partial charge in [-0.1, -0.05) is 60.7 Å². The van der Waals surface area contributed by atoms with Crippen molar-refractivity contribution in [3.8, 4) is 0 Å². The molecule has 0 aliphatic carbocycles. The third kappa shape index (κ3) is 11.9. The van der Waals surface area contributed by atoms with Crippen molar-refractivity contribution in [3.05, 3.63) is 71.8 Å². The molecule has 2 N–H and O–H groups in total. The van der Waals surface area contributed by atoms with E-state index in [4.69, 9.17) is 14.2 Å². The van der Waals surface area contributed by atoms with Gasteiger partial charge in [0.15, 0.2) is 0 Å². The average Bonchev–Trinajstić information content (AvgIpc) is 2.81. The lowest BCUT2D eigenvalue weighted by Gasteiger charge is -2.27. The molecule has 2 rings (SSSR count). The number of amides is 2. The molecule has 0 fully saturated rings. The Hall–Kier alpha value is -3.88. The third-order valence-electron chi connectivity index (χ3n) is 4.90. The van der Waals surface area contributed by atoms with Gasteiger partial charge in [-0.15, -0.1) is 0 Å². The van der Waals surface area contributed by atoms with Crippen molar-refractivity contribution in [2.24, 2.45) is 0 Å². The van der Waals surface area contributed by atoms with Gasteiger partial charge in [-0.25, -0.2) is 9.59 Å². The number of hydrogen-bond donors (Lipinski definition) is 2. The van der Waals surface area contributed by atoms with E-state index in [2.05, 4.69) is 10.6 Å². The number of carbonyl (C=O) groups is 4. The zero-order chi connectivity index (χ0) is 28.3. The van der Waals surface area contributed by atoms with Crippen molar-refractivity contribution in [3.63, 3.8) is 0 Å². The lowest BCUT2D eigenvalue weighted by Crippen LogP contribution is -2.54. The first-order valence-corrected chi connectivity index (χ1v) is 12.5. The molecule has 0 spiro atoms. The van der Waals surface area contributed by atoms with Gasteiger partial charge in [0.2, 0.25) is 5.91 Å². The fourth-order valence-electron chi connectivity index (χ4n) is 3.35. The van der Waals surface area contributed by atoms with Crippen LogP contribution in [0.1, 0.15) is 59.1 Å². The molecule has 2 atom stereocenters. The summed E-state index contributed by atoms with van der Waals surface area (Å²) < 4.78 is 16.1. The maximum Gasteiger partial charge on any atom is 0.408 e. The van der Waals surface area contributed by atoms with Gasteiger partial charge in [-0.2, -0.15) is 0 Å². The smallest absolute Gasteiger partial charge is 0.408 e. The molecule has 0 aromatic heterocycles. The summed E-state index contributed by atoms with van der Waals surface area (Å²) in [6.45, 7) is 10.2. The second-order valence-electron chi connectivity index (χ2n) is 10.8. The summed E-state index contributed by atoms with van der Waals surface area (Å²) in [7, 11) is 0. The fourth-order valence-corrected chi connectivity index (χ4v) is 3.35. The summed E-state index contributed by atoms with van der Waals surface area (Å²) in [5.74, 6) is -2.09. The van der Waals surface area contributed by atoms with E-state index in [0.717, 1.165) is 11.1 Å². The van der Waals surface area contributed by atoms with Gasteiger partial charge in [0.05, 0.1) is 6.42 Å². The lowest BCUT2D eigenvalue weighted by molar-refractivity contribution is -0.159. The molecule has 206 valence electrons. The zero-order valence-electron chi connectivity index (χ0n) is 22.9. The highest BCUT2D eigenvalue weighted by Gasteiger charge is 2.32. The number of nitrogens with one attached hydrogen (secondary N) is 2. The van der Waals surface area contributed by atoms with Gasteiger partial charge in [0, 0.05) is 6.42 Å². The Balaban J connectivity index is 2.19. The van der Waals surface area contributed by atoms with E-state index in [0.29, 0.717) is 0 Å². The maximum atomic E-state index is 13.3. The van der Waals surface area contributed by atoms with Crippen LogP contribution in [-0.4, -0.2) is 47.2 Å². The summed E-state index contributed by atoms with van der Waals surface area (Å²) in [6, 6.07) is 15.7. The number of rotatable bonds is 10. The maximum absolute atomic E-state index is 13.3. The molecule has 9 heteroatoms. The van der Waals surface area contributed by atoms with Crippen molar-refractivity contribution in [2.75, 3.05) is 0 Å². The van der Waals surface area contributed by atoms with Gasteiger partial charge in [-0.3, -0.25) is 9.59 Å². The summed E-state index contributed by atoms with van der Waals surface area (Å²) in [6.07, 6.45) is -1.20. The molecule has 2 amide bonds. The van der Waals surface area contributed by atoms with E-state index >= 15 is 0 Å². The molecule has 0 saturated heterocycles. The largest absolute Gasteiger partial charge is 0.460 e. The fraction of sp³-hybridized carbons (Fsp3) is 0.448. The monoisotopic (exact) mass is 526 g/mol. The van der Waals surface area contributed by atoms with Gasteiger partial charge < -0.3 is 24.8 Å². The second-order valence-corrected chi connectivity index (χ2v) is 10.8. The van der Waals surface area contributed by atoms with Crippen LogP contribution in [0, 0.1) is 0 Å². The number of carbonyl (C=O) groups excluding carboxylic acids is 4. The molecule has 0 heterocycles. The molecule has 0 bridgehead atoms. The SMILES string of the molecule is CC(C)(C)OC(=O)CC(NC(=O)OCc1ccccc1)C(=O)NC(Cc1ccccc1)C(=O)OC(C)(C)C. The minimum atomic E-state index is -1.35. The van der Waals surface area contributed by atoms with Gasteiger partial charge >= 0.3 is 18.0 Å². The van der Waals surface area contributed by atoms with Crippen LogP contribution in [0.4, 0.5) is 4.79 Å². The molecular weight excluding hydrogens is 488 g/mol. The first kappa shape index (κ1) is 30.3. The Morgan fingerprint density at radius 1 is 0.711 bits per heavy atom. The minimum absolute atomic E-state index is 0.0258. The van der Waals surface area contributed by atoms with Gasteiger partial charge in [0.1, 0.15) is 29.9 Å². The van der Waals surface area contributed by atoms with E-state index in [9.17, 15) is 19.2 Å².